The molecule has 0 unspecified atom stereocenters. The molecule has 12 heteroatoms. The second-order valence-electron chi connectivity index (χ2n) is 28.6. The summed E-state index contributed by atoms with van der Waals surface area (Å²) in [6.07, 6.45) is 0. The Morgan fingerprint density at radius 3 is 1.15 bits per heavy atom. The number of para-hydroxylation sites is 8. The smallest absolute Gasteiger partial charge is 0.196 e. The molecular weight excluding hydrogens is 1380 g/mol. The van der Waals surface area contributed by atoms with Crippen molar-refractivity contribution in [3.05, 3.63) is 344 Å². The number of rotatable bonds is 6. The van der Waals surface area contributed by atoms with Crippen molar-refractivity contribution in [2.24, 2.45) is 0 Å². The summed E-state index contributed by atoms with van der Waals surface area (Å²) in [6.45, 7) is 8.42. The van der Waals surface area contributed by atoms with Gasteiger partial charge < -0.3 is 35.9 Å². The van der Waals surface area contributed by atoms with Crippen LogP contribution in [0.3, 0.4) is 0 Å². The van der Waals surface area contributed by atoms with Crippen molar-refractivity contribution in [1.82, 2.24) is 18.3 Å². The largest absolute Gasteiger partial charge is 0.456 e. The number of aromatic nitrogens is 4. The van der Waals surface area contributed by atoms with Gasteiger partial charge in [0.05, 0.1) is 96.0 Å². The molecule has 112 heavy (non-hydrogen) atoms. The fourth-order valence-corrected chi connectivity index (χ4v) is 18.0. The van der Waals surface area contributed by atoms with Gasteiger partial charge in [0.2, 0.25) is 0 Å². The van der Waals surface area contributed by atoms with Crippen molar-refractivity contribution < 1.29 is 17.7 Å². The van der Waals surface area contributed by atoms with Crippen LogP contribution >= 0.6 is 0 Å². The van der Waals surface area contributed by atoms with E-state index < -0.39 is 0 Å². The lowest BCUT2D eigenvalue weighted by molar-refractivity contribution is 0.669. The van der Waals surface area contributed by atoms with Gasteiger partial charge in [0.15, 0.2) is 5.69 Å². The summed E-state index contributed by atoms with van der Waals surface area (Å²) in [6, 6.07) is 114. The molecule has 0 bridgehead atoms. The van der Waals surface area contributed by atoms with Gasteiger partial charge in [0.1, 0.15) is 50.7 Å². The van der Waals surface area contributed by atoms with Gasteiger partial charge in [0, 0.05) is 92.5 Å². The third-order valence-corrected chi connectivity index (χ3v) is 22.7. The number of hydrogen-bond acceptors (Lipinski definition) is 7. The molecular formula is C100H52N8O4. The molecule has 16 aromatic carbocycles. The first-order valence-corrected chi connectivity index (χ1v) is 36.9. The fraction of sp³-hybridized carbons (Fsp3) is 0. The van der Waals surface area contributed by atoms with Crippen LogP contribution in [0.2, 0.25) is 0 Å². The van der Waals surface area contributed by atoms with E-state index in [9.17, 15) is 15.8 Å². The highest BCUT2D eigenvalue weighted by atomic mass is 16.3. The van der Waals surface area contributed by atoms with Crippen LogP contribution in [-0.2, 0) is 0 Å². The molecule has 24 aromatic rings. The van der Waals surface area contributed by atoms with Crippen molar-refractivity contribution in [1.29, 1.82) is 15.8 Å². The van der Waals surface area contributed by atoms with E-state index in [1.54, 1.807) is 0 Å². The van der Waals surface area contributed by atoms with Gasteiger partial charge in [0.25, 0.3) is 0 Å². The Kier molecular flexibility index (Phi) is 13.1. The normalized spacial score (nSPS) is 11.9. The van der Waals surface area contributed by atoms with E-state index in [1.807, 2.05) is 170 Å². The first-order valence-electron chi connectivity index (χ1n) is 36.9. The summed E-state index contributed by atoms with van der Waals surface area (Å²) in [4.78, 5) is 4.09. The molecule has 0 aliphatic heterocycles. The average molecular weight is 1430 g/mol. The maximum atomic E-state index is 10.7. The van der Waals surface area contributed by atoms with Gasteiger partial charge >= 0.3 is 0 Å². The highest BCUT2D eigenvalue weighted by Gasteiger charge is 2.26. The Morgan fingerprint density at radius 2 is 0.661 bits per heavy atom. The molecule has 8 heterocycles. The Hall–Kier alpha value is -16.1. The standard InChI is InChI=1S/2C50H26N4O2/c1-52-38-27-31(53-39-14-6-2-10-34(39)47-41(53)20-22-45-49(47)36-12-4-8-16-43(36)55-45)18-19-33(38)30-24-29(28-51)25-32(26-30)54-40-15-7-3-11-35(40)48-42(54)21-23-46-50(48)37-13-5-9-17-44(37)56-46;51-27-29-23-31(26-33(24-29)53-41-13-5-1-11-38(41)47-43(53)21-18-36-34-9-3-7-15-45(34)55-49(36)47)30-17-20-40(32(25-30)28-52)54-42-14-6-2-12-39(42)48-44(54)22-19-37-35-10-4-8-16-46(35)56-50(37)48/h2-27H;1-26H. The van der Waals surface area contributed by atoms with E-state index in [2.05, 4.69) is 187 Å². The predicted molar refractivity (Wildman–Crippen MR) is 451 cm³/mol. The van der Waals surface area contributed by atoms with E-state index in [0.29, 0.717) is 22.4 Å². The molecule has 0 fully saturated rings. The van der Waals surface area contributed by atoms with Crippen LogP contribution < -0.4 is 0 Å². The molecule has 0 spiro atoms. The summed E-state index contributed by atoms with van der Waals surface area (Å²) in [5.74, 6) is 0. The average Bonchev–Trinajstić information content (AvgIpc) is 1.57. The Bertz CT molecular complexity index is 8480. The summed E-state index contributed by atoms with van der Waals surface area (Å²) >= 11 is 0. The molecule has 0 saturated carbocycles. The maximum Gasteiger partial charge on any atom is 0.196 e. The van der Waals surface area contributed by atoms with E-state index in [0.717, 1.165) is 220 Å². The highest BCUT2D eigenvalue weighted by Crippen LogP contribution is 2.48. The summed E-state index contributed by atoms with van der Waals surface area (Å²) < 4.78 is 34.4. The molecule has 0 atom stereocenters. The van der Waals surface area contributed by atoms with Crippen LogP contribution in [0.4, 0.5) is 5.69 Å². The SMILES string of the molecule is N#Cc1cc(-c2ccc(-n3c4ccccc4c4c5oc6ccccc6c5ccc43)c(C#N)c2)cc(-n2c3ccccc3c3c4oc5ccccc5c4ccc32)c1.[C-]#[N+]c1cc(-n2c3ccccc3c3c4c(ccc32)oc2ccccc24)ccc1-c1cc(C#N)cc(-n2c3ccccc3c3c4c(ccc32)oc2ccccc24)c1. The lowest BCUT2D eigenvalue weighted by atomic mass is 9.99. The van der Waals surface area contributed by atoms with Crippen LogP contribution in [0.15, 0.2) is 333 Å². The third-order valence-electron chi connectivity index (χ3n) is 22.7. The number of nitriles is 3. The van der Waals surface area contributed by atoms with Crippen molar-refractivity contribution in [2.45, 2.75) is 0 Å². The molecule has 0 saturated heterocycles. The topological polar surface area (TPSA) is 148 Å². The van der Waals surface area contributed by atoms with E-state index >= 15 is 0 Å². The minimum absolute atomic E-state index is 0.498. The second kappa shape index (κ2) is 23.7. The van der Waals surface area contributed by atoms with Gasteiger partial charge in [-0.05, 0) is 180 Å². The zero-order chi connectivity index (χ0) is 74.1. The molecule has 0 N–H and O–H groups in total. The number of benzene rings is 16. The van der Waals surface area contributed by atoms with Crippen LogP contribution in [-0.4, -0.2) is 18.3 Å². The summed E-state index contributed by atoms with van der Waals surface area (Å²) in [5.41, 5.74) is 23.4. The molecule has 516 valence electrons. The van der Waals surface area contributed by atoms with Gasteiger partial charge in [-0.25, -0.2) is 4.85 Å². The second-order valence-corrected chi connectivity index (χ2v) is 28.6. The maximum absolute atomic E-state index is 10.7. The zero-order valence-electron chi connectivity index (χ0n) is 59.2. The van der Waals surface area contributed by atoms with Gasteiger partial charge in [-0.2, -0.15) is 15.8 Å². The van der Waals surface area contributed by atoms with E-state index in [-0.39, 0.29) is 0 Å². The molecule has 0 radical (unpaired) electrons. The minimum Gasteiger partial charge on any atom is -0.456 e. The van der Waals surface area contributed by atoms with Crippen LogP contribution in [0, 0.1) is 40.6 Å². The quantitative estimate of drug-likeness (QED) is 0.151. The highest BCUT2D eigenvalue weighted by molar-refractivity contribution is 6.30. The van der Waals surface area contributed by atoms with Crippen LogP contribution in [0.1, 0.15) is 16.7 Å². The fourth-order valence-electron chi connectivity index (χ4n) is 18.0. The molecule has 8 aromatic heterocycles. The van der Waals surface area contributed by atoms with E-state index in [1.165, 1.54) is 0 Å². The monoisotopic (exact) mass is 1430 g/mol. The number of furan rings is 4. The third kappa shape index (κ3) is 8.89. The first-order chi connectivity index (χ1) is 55.4. The van der Waals surface area contributed by atoms with Crippen molar-refractivity contribution in [3.8, 4) is 63.2 Å². The Balaban J connectivity index is 0.000000134. The van der Waals surface area contributed by atoms with Crippen molar-refractivity contribution in [3.63, 3.8) is 0 Å². The molecule has 12 nitrogen and oxygen atoms in total. The van der Waals surface area contributed by atoms with Gasteiger partial charge in [-0.15, -0.1) is 0 Å². The molecule has 24 rings (SSSR count). The molecule has 0 aliphatic rings. The lowest BCUT2D eigenvalue weighted by Crippen LogP contribution is -1.99. The zero-order valence-corrected chi connectivity index (χ0v) is 59.2. The van der Waals surface area contributed by atoms with E-state index in [4.69, 9.17) is 24.2 Å². The Labute approximate surface area is 635 Å². The van der Waals surface area contributed by atoms with Crippen LogP contribution in [0.25, 0.3) is 225 Å². The number of fused-ring (bicyclic) bond motifs is 28. The predicted octanol–water partition coefficient (Wildman–Crippen LogP) is 26.9. The van der Waals surface area contributed by atoms with Crippen LogP contribution in [0.5, 0.6) is 0 Å². The lowest BCUT2D eigenvalue weighted by Gasteiger charge is -2.14. The van der Waals surface area contributed by atoms with Crippen molar-refractivity contribution in [2.75, 3.05) is 0 Å². The van der Waals surface area contributed by atoms with Crippen molar-refractivity contribution >= 4 is 181 Å². The number of hydrogen-bond donors (Lipinski definition) is 0. The Morgan fingerprint density at radius 1 is 0.259 bits per heavy atom. The first kappa shape index (κ1) is 62.1. The summed E-state index contributed by atoms with van der Waals surface area (Å²) in [5, 5.41) is 48.6. The van der Waals surface area contributed by atoms with Gasteiger partial charge in [-0.3, -0.25) is 0 Å². The molecule has 0 amide bonds. The van der Waals surface area contributed by atoms with Gasteiger partial charge in [-0.1, -0.05) is 158 Å². The minimum atomic E-state index is 0.498. The number of nitrogens with zero attached hydrogens (tertiary/aromatic N) is 8. The molecule has 0 aliphatic carbocycles. The summed E-state index contributed by atoms with van der Waals surface area (Å²) in [7, 11) is 0.